The molecule has 1 aromatic carbocycles. The number of nitrogens with zero attached hydrogens (tertiary/aromatic N) is 3. The summed E-state index contributed by atoms with van der Waals surface area (Å²) < 4.78 is 5.23. The molecular weight excluding hydrogens is 366 g/mol. The summed E-state index contributed by atoms with van der Waals surface area (Å²) in [7, 11) is 2.16. The Labute approximate surface area is 170 Å². The van der Waals surface area contributed by atoms with Gasteiger partial charge >= 0.3 is 0 Å². The SMILES string of the molecule is CN1CCN(c2ccc(Nc3cncc(C(=O)NCc4ccco4)c3)cc2)CC1. The van der Waals surface area contributed by atoms with Gasteiger partial charge in [-0.2, -0.15) is 0 Å². The lowest BCUT2D eigenvalue weighted by molar-refractivity contribution is 0.0947. The van der Waals surface area contributed by atoms with Gasteiger partial charge in [0.1, 0.15) is 5.76 Å². The lowest BCUT2D eigenvalue weighted by Crippen LogP contribution is -2.44. The summed E-state index contributed by atoms with van der Waals surface area (Å²) >= 11 is 0. The second-order valence-electron chi connectivity index (χ2n) is 7.19. The van der Waals surface area contributed by atoms with Gasteiger partial charge in [0, 0.05) is 43.8 Å². The molecule has 0 unspecified atom stereocenters. The minimum atomic E-state index is -0.192. The third-order valence-electron chi connectivity index (χ3n) is 5.03. The van der Waals surface area contributed by atoms with Crippen LogP contribution >= 0.6 is 0 Å². The first kappa shape index (κ1) is 19.0. The number of likely N-dealkylation sites (N-methyl/N-ethyl adjacent to an activating group) is 1. The lowest BCUT2D eigenvalue weighted by atomic mass is 10.2. The monoisotopic (exact) mass is 391 g/mol. The number of carbonyl (C=O) groups is 1. The fraction of sp³-hybridized carbons (Fsp3) is 0.273. The van der Waals surface area contributed by atoms with Crippen molar-refractivity contribution < 1.29 is 9.21 Å². The van der Waals surface area contributed by atoms with Crippen molar-refractivity contribution >= 4 is 23.0 Å². The maximum atomic E-state index is 12.4. The van der Waals surface area contributed by atoms with Crippen LogP contribution in [0.3, 0.4) is 0 Å². The number of pyridine rings is 1. The van der Waals surface area contributed by atoms with Crippen LogP contribution in [-0.4, -0.2) is 49.0 Å². The Morgan fingerprint density at radius 3 is 2.59 bits per heavy atom. The van der Waals surface area contributed by atoms with E-state index in [1.54, 1.807) is 30.8 Å². The first-order valence-electron chi connectivity index (χ1n) is 9.73. The van der Waals surface area contributed by atoms with E-state index < -0.39 is 0 Å². The summed E-state index contributed by atoms with van der Waals surface area (Å²) in [5, 5.41) is 6.15. The van der Waals surface area contributed by atoms with Crippen molar-refractivity contribution in [2.24, 2.45) is 0 Å². The molecule has 3 aromatic rings. The third kappa shape index (κ3) is 4.94. The van der Waals surface area contributed by atoms with Gasteiger partial charge in [0.05, 0.1) is 30.3 Å². The molecule has 0 atom stereocenters. The number of nitrogens with one attached hydrogen (secondary N) is 2. The van der Waals surface area contributed by atoms with E-state index >= 15 is 0 Å². The fourth-order valence-electron chi connectivity index (χ4n) is 3.30. The van der Waals surface area contributed by atoms with E-state index in [9.17, 15) is 4.79 Å². The van der Waals surface area contributed by atoms with Crippen LogP contribution in [0, 0.1) is 0 Å². The summed E-state index contributed by atoms with van der Waals surface area (Å²) in [6.45, 7) is 4.60. The zero-order valence-electron chi connectivity index (χ0n) is 16.5. The van der Waals surface area contributed by atoms with Crippen molar-refractivity contribution in [3.05, 3.63) is 72.4 Å². The number of furan rings is 1. The van der Waals surface area contributed by atoms with Crippen LogP contribution < -0.4 is 15.5 Å². The van der Waals surface area contributed by atoms with E-state index in [4.69, 9.17) is 4.42 Å². The molecule has 1 saturated heterocycles. The van der Waals surface area contributed by atoms with Crippen LogP contribution in [0.5, 0.6) is 0 Å². The molecule has 2 aromatic heterocycles. The van der Waals surface area contributed by atoms with Crippen molar-refractivity contribution in [2.75, 3.05) is 43.4 Å². The largest absolute Gasteiger partial charge is 0.467 e. The number of hydrogen-bond acceptors (Lipinski definition) is 6. The molecule has 4 rings (SSSR count). The molecule has 150 valence electrons. The average molecular weight is 391 g/mol. The van der Waals surface area contributed by atoms with Crippen LogP contribution in [0.25, 0.3) is 0 Å². The molecule has 0 aliphatic carbocycles. The van der Waals surface area contributed by atoms with Gasteiger partial charge in [-0.15, -0.1) is 0 Å². The van der Waals surface area contributed by atoms with E-state index in [-0.39, 0.29) is 5.91 Å². The topological polar surface area (TPSA) is 73.6 Å². The molecule has 1 aliphatic heterocycles. The second kappa shape index (κ2) is 8.79. The number of rotatable bonds is 6. The molecular formula is C22H25N5O2. The first-order chi connectivity index (χ1) is 14.2. The van der Waals surface area contributed by atoms with Crippen LogP contribution in [0.4, 0.5) is 17.1 Å². The summed E-state index contributed by atoms with van der Waals surface area (Å²) in [5.41, 5.74) is 3.45. The van der Waals surface area contributed by atoms with Crippen molar-refractivity contribution in [3.63, 3.8) is 0 Å². The third-order valence-corrected chi connectivity index (χ3v) is 5.03. The van der Waals surface area contributed by atoms with Gasteiger partial charge < -0.3 is 24.9 Å². The number of carbonyl (C=O) groups excluding carboxylic acids is 1. The van der Waals surface area contributed by atoms with E-state index in [1.807, 2.05) is 6.07 Å². The maximum Gasteiger partial charge on any atom is 0.253 e. The molecule has 1 amide bonds. The normalized spacial score (nSPS) is 14.6. The van der Waals surface area contributed by atoms with Crippen LogP contribution in [-0.2, 0) is 6.54 Å². The average Bonchev–Trinajstić information content (AvgIpc) is 3.27. The number of piperazine rings is 1. The van der Waals surface area contributed by atoms with E-state index in [0.29, 0.717) is 17.9 Å². The van der Waals surface area contributed by atoms with Gasteiger partial charge in [0.15, 0.2) is 0 Å². The second-order valence-corrected chi connectivity index (χ2v) is 7.19. The molecule has 7 nitrogen and oxygen atoms in total. The van der Waals surface area contributed by atoms with Crippen molar-refractivity contribution in [1.82, 2.24) is 15.2 Å². The van der Waals surface area contributed by atoms with Crippen LogP contribution in [0.15, 0.2) is 65.5 Å². The van der Waals surface area contributed by atoms with Crippen molar-refractivity contribution in [3.8, 4) is 0 Å². The molecule has 0 radical (unpaired) electrons. The highest BCUT2D eigenvalue weighted by Crippen LogP contribution is 2.22. The van der Waals surface area contributed by atoms with Crippen LogP contribution in [0.1, 0.15) is 16.1 Å². The van der Waals surface area contributed by atoms with Gasteiger partial charge in [0.2, 0.25) is 0 Å². The Kier molecular flexibility index (Phi) is 5.76. The summed E-state index contributed by atoms with van der Waals surface area (Å²) in [6, 6.07) is 13.8. The molecule has 1 aliphatic rings. The Morgan fingerprint density at radius 1 is 1.07 bits per heavy atom. The Morgan fingerprint density at radius 2 is 1.86 bits per heavy atom. The Balaban J connectivity index is 1.36. The zero-order valence-corrected chi connectivity index (χ0v) is 16.5. The van der Waals surface area contributed by atoms with E-state index in [2.05, 4.69) is 56.7 Å². The molecule has 2 N–H and O–H groups in total. The minimum Gasteiger partial charge on any atom is -0.467 e. The lowest BCUT2D eigenvalue weighted by Gasteiger charge is -2.34. The van der Waals surface area contributed by atoms with Gasteiger partial charge in [-0.05, 0) is 49.5 Å². The molecule has 29 heavy (non-hydrogen) atoms. The van der Waals surface area contributed by atoms with E-state index in [1.165, 1.54) is 5.69 Å². The zero-order chi connectivity index (χ0) is 20.1. The minimum absolute atomic E-state index is 0.192. The number of aromatic nitrogens is 1. The van der Waals surface area contributed by atoms with Gasteiger partial charge in [-0.1, -0.05) is 0 Å². The predicted molar refractivity (Wildman–Crippen MR) is 114 cm³/mol. The standard InChI is InChI=1S/C22H25N5O2/c1-26-8-10-27(11-9-26)20-6-4-18(5-7-20)25-19-13-17(14-23-15-19)22(28)24-16-21-3-2-12-29-21/h2-7,12-15,25H,8-11,16H2,1H3,(H,24,28). The maximum absolute atomic E-state index is 12.4. The molecule has 3 heterocycles. The highest BCUT2D eigenvalue weighted by atomic mass is 16.3. The summed E-state index contributed by atoms with van der Waals surface area (Å²) in [6.07, 6.45) is 4.85. The first-order valence-corrected chi connectivity index (χ1v) is 9.73. The molecule has 7 heteroatoms. The van der Waals surface area contributed by atoms with Crippen molar-refractivity contribution in [2.45, 2.75) is 6.54 Å². The molecule has 0 spiro atoms. The van der Waals surface area contributed by atoms with Crippen LogP contribution in [0.2, 0.25) is 0 Å². The molecule has 0 saturated carbocycles. The number of anilines is 3. The van der Waals surface area contributed by atoms with Gasteiger partial charge in [-0.25, -0.2) is 0 Å². The van der Waals surface area contributed by atoms with E-state index in [0.717, 1.165) is 37.6 Å². The smallest absolute Gasteiger partial charge is 0.253 e. The number of hydrogen-bond donors (Lipinski definition) is 2. The quantitative estimate of drug-likeness (QED) is 0.673. The van der Waals surface area contributed by atoms with Gasteiger partial charge in [0.25, 0.3) is 5.91 Å². The highest BCUT2D eigenvalue weighted by Gasteiger charge is 2.14. The van der Waals surface area contributed by atoms with Crippen molar-refractivity contribution in [1.29, 1.82) is 0 Å². The highest BCUT2D eigenvalue weighted by molar-refractivity contribution is 5.94. The van der Waals surface area contributed by atoms with Gasteiger partial charge in [-0.3, -0.25) is 9.78 Å². The Hall–Kier alpha value is -3.32. The summed E-state index contributed by atoms with van der Waals surface area (Å²) in [5.74, 6) is 0.518. The molecule has 0 bridgehead atoms. The molecule has 1 fully saturated rings. The summed E-state index contributed by atoms with van der Waals surface area (Å²) in [4.78, 5) is 21.3. The fourth-order valence-corrected chi connectivity index (χ4v) is 3.30. The predicted octanol–water partition coefficient (Wildman–Crippen LogP) is 3.10. The Bertz CT molecular complexity index is 932. The number of amides is 1. The number of benzene rings is 1.